The smallest absolute Gasteiger partial charge is 0.223 e. The van der Waals surface area contributed by atoms with Crippen LogP contribution in [-0.2, 0) is 4.79 Å². The van der Waals surface area contributed by atoms with E-state index in [4.69, 9.17) is 4.74 Å². The number of hydrogen-bond acceptors (Lipinski definition) is 2. The van der Waals surface area contributed by atoms with Gasteiger partial charge in [-0.1, -0.05) is 17.7 Å². The molecule has 0 aliphatic heterocycles. The fraction of sp³-hybridized carbons (Fsp3) is 0.682. The number of carbonyl (C=O) groups excluding carboxylic acids is 1. The summed E-state index contributed by atoms with van der Waals surface area (Å²) in [6.45, 7) is 4.75. The van der Waals surface area contributed by atoms with Gasteiger partial charge in [0.05, 0.1) is 13.0 Å². The first-order chi connectivity index (χ1) is 12.0. The third-order valence-electron chi connectivity index (χ3n) is 7.00. The summed E-state index contributed by atoms with van der Waals surface area (Å²) in [5.74, 6) is 3.75. The summed E-state index contributed by atoms with van der Waals surface area (Å²) in [6.07, 6.45) is 8.78. The van der Waals surface area contributed by atoms with Crippen LogP contribution in [0.4, 0.5) is 0 Å². The van der Waals surface area contributed by atoms with Gasteiger partial charge in [0, 0.05) is 6.04 Å². The zero-order chi connectivity index (χ0) is 17.4. The first kappa shape index (κ1) is 16.9. The van der Waals surface area contributed by atoms with Crippen molar-refractivity contribution in [1.29, 1.82) is 0 Å². The van der Waals surface area contributed by atoms with Crippen LogP contribution in [-0.4, -0.2) is 18.6 Å². The van der Waals surface area contributed by atoms with E-state index in [9.17, 15) is 4.79 Å². The van der Waals surface area contributed by atoms with Crippen molar-refractivity contribution in [2.45, 2.75) is 64.8 Å². The molecule has 1 unspecified atom stereocenters. The molecule has 5 rings (SSSR count). The number of hydrogen-bond donors (Lipinski definition) is 1. The van der Waals surface area contributed by atoms with Gasteiger partial charge >= 0.3 is 0 Å². The molecule has 1 N–H and O–H groups in total. The van der Waals surface area contributed by atoms with Crippen molar-refractivity contribution in [2.75, 3.05) is 6.61 Å². The second-order valence-electron chi connectivity index (χ2n) is 8.98. The topological polar surface area (TPSA) is 38.3 Å². The quantitative estimate of drug-likeness (QED) is 0.828. The lowest BCUT2D eigenvalue weighted by Crippen LogP contribution is -2.55. The Kier molecular flexibility index (Phi) is 4.51. The van der Waals surface area contributed by atoms with Crippen LogP contribution >= 0.6 is 0 Å². The van der Waals surface area contributed by atoms with Crippen LogP contribution in [0.15, 0.2) is 24.3 Å². The van der Waals surface area contributed by atoms with Crippen LogP contribution in [0.1, 0.15) is 57.4 Å². The molecule has 136 valence electrons. The molecule has 1 amide bonds. The van der Waals surface area contributed by atoms with Crippen molar-refractivity contribution < 1.29 is 9.53 Å². The monoisotopic (exact) mass is 341 g/mol. The highest BCUT2D eigenvalue weighted by Gasteiger charge is 2.53. The van der Waals surface area contributed by atoms with Crippen LogP contribution < -0.4 is 10.1 Å². The Balaban J connectivity index is 1.27. The van der Waals surface area contributed by atoms with Crippen molar-refractivity contribution in [2.24, 2.45) is 23.2 Å². The predicted molar refractivity (Wildman–Crippen MR) is 99.5 cm³/mol. The molecular weight excluding hydrogens is 310 g/mol. The molecule has 0 aromatic heterocycles. The number of carbonyl (C=O) groups is 1. The van der Waals surface area contributed by atoms with Gasteiger partial charge in [-0.25, -0.2) is 0 Å². The highest BCUT2D eigenvalue weighted by molar-refractivity contribution is 5.76. The molecule has 4 fully saturated rings. The predicted octanol–water partition coefficient (Wildman–Crippen LogP) is 4.49. The second-order valence-corrected chi connectivity index (χ2v) is 8.98. The first-order valence-corrected chi connectivity index (χ1v) is 10.0. The van der Waals surface area contributed by atoms with Crippen LogP contribution in [0.3, 0.4) is 0 Å². The van der Waals surface area contributed by atoms with E-state index in [-0.39, 0.29) is 5.91 Å². The highest BCUT2D eigenvalue weighted by atomic mass is 16.5. The molecule has 1 aromatic carbocycles. The number of ether oxygens (including phenoxy) is 1. The molecule has 4 aliphatic rings. The maximum Gasteiger partial charge on any atom is 0.223 e. The maximum absolute atomic E-state index is 12.4. The van der Waals surface area contributed by atoms with Gasteiger partial charge in [-0.05, 0) is 87.7 Å². The third kappa shape index (κ3) is 3.56. The molecule has 3 heteroatoms. The molecule has 4 bridgehead atoms. The van der Waals surface area contributed by atoms with Crippen molar-refractivity contribution in [3.63, 3.8) is 0 Å². The molecule has 3 nitrogen and oxygen atoms in total. The van der Waals surface area contributed by atoms with Gasteiger partial charge in [0.15, 0.2) is 0 Å². The van der Waals surface area contributed by atoms with E-state index in [1.54, 1.807) is 0 Å². The second kappa shape index (κ2) is 6.66. The van der Waals surface area contributed by atoms with E-state index in [0.717, 1.165) is 23.5 Å². The lowest BCUT2D eigenvalue weighted by molar-refractivity contribution is -0.126. The number of aryl methyl sites for hydroxylation is 1. The number of benzene rings is 1. The molecule has 1 aromatic rings. The zero-order valence-electron chi connectivity index (χ0n) is 15.6. The summed E-state index contributed by atoms with van der Waals surface area (Å²) >= 11 is 0. The van der Waals surface area contributed by atoms with Crippen molar-refractivity contribution in [3.05, 3.63) is 29.8 Å². The minimum absolute atomic E-state index is 0.135. The fourth-order valence-electron chi connectivity index (χ4n) is 6.07. The largest absolute Gasteiger partial charge is 0.493 e. The van der Waals surface area contributed by atoms with Gasteiger partial charge in [0.2, 0.25) is 5.91 Å². The van der Waals surface area contributed by atoms with E-state index < -0.39 is 0 Å². The van der Waals surface area contributed by atoms with Gasteiger partial charge in [-0.2, -0.15) is 0 Å². The molecular formula is C22H31NO2. The number of nitrogens with one attached hydrogen (secondary N) is 1. The number of amides is 1. The van der Waals surface area contributed by atoms with Gasteiger partial charge in [-0.3, -0.25) is 4.79 Å². The summed E-state index contributed by atoms with van der Waals surface area (Å²) < 4.78 is 5.70. The van der Waals surface area contributed by atoms with Gasteiger partial charge in [0.25, 0.3) is 0 Å². The molecule has 4 saturated carbocycles. The van der Waals surface area contributed by atoms with Gasteiger partial charge in [0.1, 0.15) is 5.75 Å². The van der Waals surface area contributed by atoms with E-state index in [1.807, 2.05) is 24.3 Å². The minimum Gasteiger partial charge on any atom is -0.493 e. The standard InChI is InChI=1S/C22H31NO2/c1-15-3-5-20(6-4-15)25-8-7-21(24)23-16(2)22-12-17-9-18(13-22)11-19(10-17)14-22/h3-6,16-19H,7-14H2,1-2H3,(H,23,24). The van der Waals surface area contributed by atoms with Gasteiger partial charge in [-0.15, -0.1) is 0 Å². The van der Waals surface area contributed by atoms with Crippen LogP contribution in [0, 0.1) is 30.1 Å². The average molecular weight is 341 g/mol. The summed E-state index contributed by atoms with van der Waals surface area (Å²) in [7, 11) is 0. The summed E-state index contributed by atoms with van der Waals surface area (Å²) in [6, 6.07) is 8.29. The van der Waals surface area contributed by atoms with Crippen molar-refractivity contribution in [1.82, 2.24) is 5.32 Å². The van der Waals surface area contributed by atoms with Crippen LogP contribution in [0.2, 0.25) is 0 Å². The Bertz CT molecular complexity index is 586. The van der Waals surface area contributed by atoms with Crippen molar-refractivity contribution in [3.8, 4) is 5.75 Å². The molecule has 4 aliphatic carbocycles. The molecule has 0 saturated heterocycles. The summed E-state index contributed by atoms with van der Waals surface area (Å²) in [5, 5.41) is 3.31. The minimum atomic E-state index is 0.135. The molecule has 0 radical (unpaired) electrons. The molecule has 0 heterocycles. The molecule has 1 atom stereocenters. The number of rotatable bonds is 6. The van der Waals surface area contributed by atoms with Crippen molar-refractivity contribution >= 4 is 5.91 Å². The molecule has 0 spiro atoms. The summed E-state index contributed by atoms with van der Waals surface area (Å²) in [5.41, 5.74) is 1.59. The van der Waals surface area contributed by atoms with Crippen LogP contribution in [0.5, 0.6) is 5.75 Å². The SMILES string of the molecule is Cc1ccc(OCCC(=O)NC(C)C23CC4CC(CC(C4)C2)C3)cc1. The Morgan fingerprint density at radius 2 is 1.68 bits per heavy atom. The van der Waals surface area contributed by atoms with Gasteiger partial charge < -0.3 is 10.1 Å². The highest BCUT2D eigenvalue weighted by Crippen LogP contribution is 2.61. The van der Waals surface area contributed by atoms with E-state index in [1.165, 1.54) is 44.1 Å². The lowest BCUT2D eigenvalue weighted by atomic mass is 9.48. The summed E-state index contributed by atoms with van der Waals surface area (Å²) in [4.78, 5) is 12.4. The van der Waals surface area contributed by atoms with Crippen LogP contribution in [0.25, 0.3) is 0 Å². The Morgan fingerprint density at radius 1 is 1.12 bits per heavy atom. The Labute approximate surface area is 151 Å². The van der Waals surface area contributed by atoms with E-state index in [0.29, 0.717) is 24.5 Å². The average Bonchev–Trinajstić information content (AvgIpc) is 2.55. The lowest BCUT2D eigenvalue weighted by Gasteiger charge is -2.59. The third-order valence-corrected chi connectivity index (χ3v) is 7.00. The van der Waals surface area contributed by atoms with E-state index in [2.05, 4.69) is 19.2 Å². The Morgan fingerprint density at radius 3 is 2.24 bits per heavy atom. The Hall–Kier alpha value is -1.51. The maximum atomic E-state index is 12.4. The molecule has 25 heavy (non-hydrogen) atoms. The fourth-order valence-corrected chi connectivity index (χ4v) is 6.07. The normalized spacial score (nSPS) is 33.9. The zero-order valence-corrected chi connectivity index (χ0v) is 15.6. The first-order valence-electron chi connectivity index (χ1n) is 10.0. The van der Waals surface area contributed by atoms with E-state index >= 15 is 0 Å².